The molecule has 0 nitrogen and oxygen atoms in total. The van der Waals surface area contributed by atoms with E-state index in [0.29, 0.717) is 0 Å². The van der Waals surface area contributed by atoms with Gasteiger partial charge in [-0.1, -0.05) is 0 Å². The fourth-order valence-electron chi connectivity index (χ4n) is 3.88. The Morgan fingerprint density at radius 2 is 1.58 bits per heavy atom. The smallest absolute Gasteiger partial charge is 0.0617 e. The maximum atomic E-state index is 6.55. The molecule has 0 aliphatic heterocycles. The van der Waals surface area contributed by atoms with Crippen LogP contribution in [0.2, 0.25) is 0 Å². The van der Waals surface area contributed by atoms with Gasteiger partial charge in [-0.25, -0.2) is 0 Å². The van der Waals surface area contributed by atoms with Gasteiger partial charge >= 0.3 is 0 Å². The molecule has 12 heavy (non-hydrogen) atoms. The average molecular weight is 205 g/mol. The third-order valence-corrected chi connectivity index (χ3v) is 5.53. The number of rotatable bonds is 0. The lowest BCUT2D eigenvalue weighted by Gasteiger charge is -2.56. The van der Waals surface area contributed by atoms with E-state index < -0.39 is 0 Å². The van der Waals surface area contributed by atoms with Crippen molar-refractivity contribution in [3.05, 3.63) is 0 Å². The summed E-state index contributed by atoms with van der Waals surface area (Å²) >= 11 is 12.9. The van der Waals surface area contributed by atoms with Crippen LogP contribution in [0.4, 0.5) is 0 Å². The first-order valence-electron chi connectivity index (χ1n) is 5.00. The highest BCUT2D eigenvalue weighted by molar-refractivity contribution is 6.33. The van der Waals surface area contributed by atoms with Crippen molar-refractivity contribution >= 4 is 23.2 Å². The zero-order valence-electron chi connectivity index (χ0n) is 7.10. The van der Waals surface area contributed by atoms with Crippen LogP contribution in [-0.4, -0.2) is 10.3 Å². The third-order valence-electron chi connectivity index (χ3n) is 4.10. The first-order chi connectivity index (χ1) is 5.67. The molecule has 0 aromatic heterocycles. The summed E-state index contributed by atoms with van der Waals surface area (Å²) in [4.78, 5) is -0.00367. The molecule has 4 saturated carbocycles. The molecule has 0 aromatic rings. The lowest BCUT2D eigenvalue weighted by Crippen LogP contribution is -2.55. The molecule has 4 bridgehead atoms. The van der Waals surface area contributed by atoms with Gasteiger partial charge in [-0.15, -0.1) is 23.2 Å². The summed E-state index contributed by atoms with van der Waals surface area (Å²) in [6.45, 7) is 0. The minimum absolute atomic E-state index is 0.00367. The van der Waals surface area contributed by atoms with Crippen molar-refractivity contribution in [2.24, 2.45) is 17.8 Å². The predicted octanol–water partition coefficient (Wildman–Crippen LogP) is 3.41. The highest BCUT2D eigenvalue weighted by Crippen LogP contribution is 2.59. The fraction of sp³-hybridized carbons (Fsp3) is 1.00. The van der Waals surface area contributed by atoms with E-state index >= 15 is 0 Å². The molecule has 0 spiro atoms. The zero-order valence-corrected chi connectivity index (χ0v) is 8.61. The summed E-state index contributed by atoms with van der Waals surface area (Å²) in [6.07, 6.45) is 6.54. The van der Waals surface area contributed by atoms with E-state index in [1.165, 1.54) is 32.1 Å². The monoisotopic (exact) mass is 204 g/mol. The van der Waals surface area contributed by atoms with E-state index in [0.717, 1.165) is 17.8 Å². The highest BCUT2D eigenvalue weighted by atomic mass is 35.5. The summed E-state index contributed by atoms with van der Waals surface area (Å²) < 4.78 is 0. The maximum Gasteiger partial charge on any atom is 0.0617 e. The van der Waals surface area contributed by atoms with Crippen LogP contribution in [0.3, 0.4) is 0 Å². The summed E-state index contributed by atoms with van der Waals surface area (Å²) in [5.74, 6) is 2.57. The van der Waals surface area contributed by atoms with Gasteiger partial charge in [0.25, 0.3) is 0 Å². The van der Waals surface area contributed by atoms with Crippen molar-refractivity contribution in [3.8, 4) is 0 Å². The Morgan fingerprint density at radius 1 is 1.00 bits per heavy atom. The van der Waals surface area contributed by atoms with Crippen molar-refractivity contribution < 1.29 is 0 Å². The Hall–Kier alpha value is 0.580. The maximum absolute atomic E-state index is 6.55. The highest BCUT2D eigenvalue weighted by Gasteiger charge is 2.55. The topological polar surface area (TPSA) is 0 Å². The van der Waals surface area contributed by atoms with Gasteiger partial charge in [-0.3, -0.25) is 0 Å². The number of hydrogen-bond acceptors (Lipinski definition) is 0. The van der Waals surface area contributed by atoms with E-state index in [2.05, 4.69) is 0 Å². The first-order valence-corrected chi connectivity index (χ1v) is 5.82. The van der Waals surface area contributed by atoms with Gasteiger partial charge in [-0.05, 0) is 49.9 Å². The summed E-state index contributed by atoms with van der Waals surface area (Å²) in [5.41, 5.74) is 0. The van der Waals surface area contributed by atoms with Crippen molar-refractivity contribution in [2.45, 2.75) is 42.4 Å². The zero-order chi connectivity index (χ0) is 8.34. The number of halogens is 2. The van der Waals surface area contributed by atoms with Crippen molar-refractivity contribution in [1.82, 2.24) is 0 Å². The Balaban J connectivity index is 1.97. The molecule has 4 aliphatic carbocycles. The largest absolute Gasteiger partial charge is 0.121 e. The molecule has 2 heteroatoms. The Labute approximate surface area is 83.6 Å². The molecule has 0 amide bonds. The van der Waals surface area contributed by atoms with Crippen molar-refractivity contribution in [1.29, 1.82) is 0 Å². The van der Waals surface area contributed by atoms with Crippen LogP contribution in [0.5, 0.6) is 0 Å². The van der Waals surface area contributed by atoms with Crippen LogP contribution in [0.1, 0.15) is 32.1 Å². The van der Waals surface area contributed by atoms with Crippen LogP contribution in [0.15, 0.2) is 0 Å². The molecule has 0 saturated heterocycles. The lowest BCUT2D eigenvalue weighted by molar-refractivity contribution is 0.0392. The number of hydrogen-bond donors (Lipinski definition) is 0. The van der Waals surface area contributed by atoms with Gasteiger partial charge in [0.2, 0.25) is 0 Å². The predicted molar refractivity (Wildman–Crippen MR) is 51.8 cm³/mol. The van der Waals surface area contributed by atoms with Gasteiger partial charge in [0, 0.05) is 0 Å². The molecule has 3 unspecified atom stereocenters. The van der Waals surface area contributed by atoms with Crippen LogP contribution >= 0.6 is 23.2 Å². The van der Waals surface area contributed by atoms with E-state index in [9.17, 15) is 0 Å². The van der Waals surface area contributed by atoms with E-state index in [-0.39, 0.29) is 10.3 Å². The SMILES string of the molecule is ClC1C2CC3CC(C2)CC1(Cl)C3. The van der Waals surface area contributed by atoms with E-state index in [4.69, 9.17) is 23.2 Å². The Morgan fingerprint density at radius 3 is 2.08 bits per heavy atom. The molecule has 3 atom stereocenters. The number of alkyl halides is 2. The fourth-order valence-corrected chi connectivity index (χ4v) is 4.88. The summed E-state index contributed by atoms with van der Waals surface area (Å²) in [5, 5.41) is 0.270. The van der Waals surface area contributed by atoms with Gasteiger partial charge in [0.15, 0.2) is 0 Å². The minimum Gasteiger partial charge on any atom is -0.121 e. The Bertz CT molecular complexity index is 200. The molecule has 0 radical (unpaired) electrons. The van der Waals surface area contributed by atoms with Crippen LogP contribution in [0.25, 0.3) is 0 Å². The second-order valence-electron chi connectivity index (χ2n) is 5.04. The molecule has 0 heterocycles. The average Bonchev–Trinajstić information content (AvgIpc) is 1.98. The van der Waals surface area contributed by atoms with Gasteiger partial charge in [0.1, 0.15) is 0 Å². The summed E-state index contributed by atoms with van der Waals surface area (Å²) in [7, 11) is 0. The van der Waals surface area contributed by atoms with Crippen LogP contribution in [-0.2, 0) is 0 Å². The molecular formula is C10H14Cl2. The summed E-state index contributed by atoms with van der Waals surface area (Å²) in [6, 6.07) is 0. The molecule has 0 N–H and O–H groups in total. The normalized spacial score (nSPS) is 62.5. The molecule has 4 fully saturated rings. The minimum atomic E-state index is -0.00367. The van der Waals surface area contributed by atoms with Gasteiger partial charge in [0.05, 0.1) is 10.3 Å². The van der Waals surface area contributed by atoms with Gasteiger partial charge < -0.3 is 0 Å². The molecule has 68 valence electrons. The molecule has 0 aromatic carbocycles. The van der Waals surface area contributed by atoms with Crippen LogP contribution in [0, 0.1) is 17.8 Å². The van der Waals surface area contributed by atoms with Crippen molar-refractivity contribution in [2.75, 3.05) is 0 Å². The van der Waals surface area contributed by atoms with Crippen molar-refractivity contribution in [3.63, 3.8) is 0 Å². The Kier molecular flexibility index (Phi) is 1.54. The molecular weight excluding hydrogens is 191 g/mol. The second kappa shape index (κ2) is 2.33. The van der Waals surface area contributed by atoms with E-state index in [1.54, 1.807) is 0 Å². The van der Waals surface area contributed by atoms with Crippen LogP contribution < -0.4 is 0 Å². The third kappa shape index (κ3) is 0.915. The first kappa shape index (κ1) is 7.94. The second-order valence-corrected chi connectivity index (χ2v) is 6.27. The standard InChI is InChI=1S/C10H14Cl2/c11-9-8-2-6-1-7(3-8)5-10(9,12)4-6/h6-9H,1-5H2. The quantitative estimate of drug-likeness (QED) is 0.531. The molecule has 4 aliphatic rings. The lowest BCUT2D eigenvalue weighted by atomic mass is 9.55. The molecule has 4 rings (SSSR count). The van der Waals surface area contributed by atoms with Gasteiger partial charge in [-0.2, -0.15) is 0 Å². The van der Waals surface area contributed by atoms with E-state index in [1.807, 2.05) is 0 Å².